The van der Waals surface area contributed by atoms with Crippen molar-refractivity contribution in [3.8, 4) is 0 Å². The van der Waals surface area contributed by atoms with Gasteiger partial charge in [0.1, 0.15) is 0 Å². The summed E-state index contributed by atoms with van der Waals surface area (Å²) in [7, 11) is -0.0119. The van der Waals surface area contributed by atoms with Gasteiger partial charge in [-0.3, -0.25) is 0 Å². The van der Waals surface area contributed by atoms with E-state index in [2.05, 4.69) is 64.7 Å². The molecule has 0 aliphatic rings. The van der Waals surface area contributed by atoms with Crippen molar-refractivity contribution in [3.63, 3.8) is 0 Å². The fourth-order valence-electron chi connectivity index (χ4n) is 2.18. The minimum Gasteiger partial charge on any atom is -0.411 e. The van der Waals surface area contributed by atoms with E-state index >= 15 is 0 Å². The SMILES string of the molecule is C=C[C@H](CCc1ccccc1COC)O[Si](C)(C)C(C)(C)C. The standard InChI is InChI=1S/C19H32O2Si/c1-8-18(21-22(6,7)19(2,3)4)14-13-16-11-9-10-12-17(16)15-20-5/h8-12,18H,1,13-15H2,2-7H3/t18-/m1/s1. The number of hydrogen-bond donors (Lipinski definition) is 0. The molecule has 0 aliphatic carbocycles. The third kappa shape index (κ3) is 5.38. The molecule has 0 amide bonds. The van der Waals surface area contributed by atoms with E-state index in [1.165, 1.54) is 11.1 Å². The van der Waals surface area contributed by atoms with E-state index in [-0.39, 0.29) is 11.1 Å². The van der Waals surface area contributed by atoms with E-state index in [1.54, 1.807) is 7.11 Å². The first-order valence-electron chi connectivity index (χ1n) is 8.07. The Morgan fingerprint density at radius 2 is 1.77 bits per heavy atom. The molecule has 0 spiro atoms. The van der Waals surface area contributed by atoms with Crippen LogP contribution in [0.5, 0.6) is 0 Å². The van der Waals surface area contributed by atoms with Crippen molar-refractivity contribution in [1.82, 2.24) is 0 Å². The highest BCUT2D eigenvalue weighted by Crippen LogP contribution is 2.37. The molecule has 2 nitrogen and oxygen atoms in total. The molecule has 0 saturated carbocycles. The van der Waals surface area contributed by atoms with Crippen LogP contribution in [-0.2, 0) is 22.2 Å². The highest BCUT2D eigenvalue weighted by Gasteiger charge is 2.38. The zero-order valence-corrected chi connectivity index (χ0v) is 16.1. The predicted molar refractivity (Wildman–Crippen MR) is 97.7 cm³/mol. The van der Waals surface area contributed by atoms with Crippen molar-refractivity contribution >= 4 is 8.32 Å². The Balaban J connectivity index is 2.71. The van der Waals surface area contributed by atoms with Crippen molar-refractivity contribution in [3.05, 3.63) is 48.0 Å². The predicted octanol–water partition coefficient (Wildman–Crippen LogP) is 5.34. The van der Waals surface area contributed by atoms with Gasteiger partial charge >= 0.3 is 0 Å². The molecule has 0 aliphatic heterocycles. The molecule has 1 aromatic rings. The van der Waals surface area contributed by atoms with Gasteiger partial charge in [0.2, 0.25) is 0 Å². The maximum Gasteiger partial charge on any atom is 0.192 e. The second kappa shape index (κ2) is 8.09. The summed E-state index contributed by atoms with van der Waals surface area (Å²) >= 11 is 0. The van der Waals surface area contributed by atoms with Gasteiger partial charge in [-0.25, -0.2) is 0 Å². The summed E-state index contributed by atoms with van der Waals surface area (Å²) in [6, 6.07) is 8.47. The Kier molecular flexibility index (Phi) is 7.04. The molecule has 0 fully saturated rings. The number of hydrogen-bond acceptors (Lipinski definition) is 2. The van der Waals surface area contributed by atoms with Crippen LogP contribution in [0.1, 0.15) is 38.3 Å². The van der Waals surface area contributed by atoms with Crippen molar-refractivity contribution in [2.24, 2.45) is 0 Å². The first kappa shape index (κ1) is 19.1. The van der Waals surface area contributed by atoms with Crippen LogP contribution in [0.4, 0.5) is 0 Å². The molecule has 1 atom stereocenters. The number of aryl methyl sites for hydroxylation is 1. The van der Waals surface area contributed by atoms with Crippen molar-refractivity contribution in [2.45, 2.75) is 64.5 Å². The summed E-state index contributed by atoms with van der Waals surface area (Å²) in [6.45, 7) is 16.0. The van der Waals surface area contributed by atoms with E-state index in [0.717, 1.165) is 12.8 Å². The lowest BCUT2D eigenvalue weighted by Gasteiger charge is -2.38. The minimum atomic E-state index is -1.75. The maximum absolute atomic E-state index is 6.46. The molecular formula is C19H32O2Si. The van der Waals surface area contributed by atoms with Gasteiger partial charge in [-0.05, 0) is 42.1 Å². The van der Waals surface area contributed by atoms with Crippen LogP contribution in [0.3, 0.4) is 0 Å². The Labute approximate surface area is 137 Å². The molecule has 3 heteroatoms. The lowest BCUT2D eigenvalue weighted by atomic mass is 10.0. The van der Waals surface area contributed by atoms with Crippen LogP contribution in [0.15, 0.2) is 36.9 Å². The number of ether oxygens (including phenoxy) is 1. The van der Waals surface area contributed by atoms with E-state index in [4.69, 9.17) is 9.16 Å². The monoisotopic (exact) mass is 320 g/mol. The smallest absolute Gasteiger partial charge is 0.192 e. The maximum atomic E-state index is 6.46. The zero-order valence-electron chi connectivity index (χ0n) is 15.1. The van der Waals surface area contributed by atoms with Gasteiger partial charge in [-0.1, -0.05) is 51.1 Å². The minimum absolute atomic E-state index is 0.122. The third-order valence-electron chi connectivity index (χ3n) is 4.63. The van der Waals surface area contributed by atoms with Gasteiger partial charge in [-0.15, -0.1) is 6.58 Å². The summed E-state index contributed by atoms with van der Waals surface area (Å²) < 4.78 is 11.7. The van der Waals surface area contributed by atoms with Crippen LogP contribution < -0.4 is 0 Å². The second-order valence-electron chi connectivity index (χ2n) is 7.39. The quantitative estimate of drug-likeness (QED) is 0.475. The van der Waals surface area contributed by atoms with Gasteiger partial charge in [0.15, 0.2) is 8.32 Å². The van der Waals surface area contributed by atoms with Crippen LogP contribution in [-0.4, -0.2) is 21.5 Å². The molecule has 22 heavy (non-hydrogen) atoms. The van der Waals surface area contributed by atoms with E-state index in [1.807, 2.05) is 6.08 Å². The molecular weight excluding hydrogens is 288 g/mol. The molecule has 1 rings (SSSR count). The van der Waals surface area contributed by atoms with Gasteiger partial charge < -0.3 is 9.16 Å². The average Bonchev–Trinajstić information content (AvgIpc) is 2.43. The topological polar surface area (TPSA) is 18.5 Å². The Bertz CT molecular complexity index is 475. The average molecular weight is 321 g/mol. The highest BCUT2D eigenvalue weighted by molar-refractivity contribution is 6.74. The zero-order chi connectivity index (χ0) is 16.8. The number of rotatable bonds is 8. The molecule has 0 N–H and O–H groups in total. The van der Waals surface area contributed by atoms with Gasteiger partial charge in [0.25, 0.3) is 0 Å². The van der Waals surface area contributed by atoms with E-state index in [0.29, 0.717) is 6.61 Å². The second-order valence-corrected chi connectivity index (χ2v) is 12.1. The summed E-state index contributed by atoms with van der Waals surface area (Å²) in [5.74, 6) is 0. The summed E-state index contributed by atoms with van der Waals surface area (Å²) in [5.41, 5.74) is 2.61. The van der Waals surface area contributed by atoms with Crippen molar-refractivity contribution < 1.29 is 9.16 Å². The first-order chi connectivity index (χ1) is 10.2. The van der Waals surface area contributed by atoms with E-state index in [9.17, 15) is 0 Å². The lowest BCUT2D eigenvalue weighted by molar-refractivity contribution is 0.183. The molecule has 0 saturated heterocycles. The largest absolute Gasteiger partial charge is 0.411 e. The number of benzene rings is 1. The molecule has 1 aromatic carbocycles. The normalized spacial score (nSPS) is 13.9. The van der Waals surface area contributed by atoms with Gasteiger partial charge in [0, 0.05) is 7.11 Å². The van der Waals surface area contributed by atoms with Crippen LogP contribution >= 0.6 is 0 Å². The van der Waals surface area contributed by atoms with E-state index < -0.39 is 8.32 Å². The van der Waals surface area contributed by atoms with Gasteiger partial charge in [-0.2, -0.15) is 0 Å². The molecule has 0 heterocycles. The first-order valence-corrected chi connectivity index (χ1v) is 11.0. The third-order valence-corrected chi connectivity index (χ3v) is 9.14. The fraction of sp³-hybridized carbons (Fsp3) is 0.579. The van der Waals surface area contributed by atoms with Crippen LogP contribution in [0.25, 0.3) is 0 Å². The summed E-state index contributed by atoms with van der Waals surface area (Å²) in [5, 5.41) is 0.224. The van der Waals surface area contributed by atoms with Gasteiger partial charge in [0.05, 0.1) is 12.7 Å². The Hall–Kier alpha value is -0.903. The molecule has 124 valence electrons. The van der Waals surface area contributed by atoms with Crippen molar-refractivity contribution in [2.75, 3.05) is 7.11 Å². The lowest BCUT2D eigenvalue weighted by Crippen LogP contribution is -2.43. The molecule has 0 bridgehead atoms. The fourth-order valence-corrected chi connectivity index (χ4v) is 3.50. The number of methoxy groups -OCH3 is 1. The summed E-state index contributed by atoms with van der Waals surface area (Å²) in [6.07, 6.45) is 4.04. The Morgan fingerprint density at radius 3 is 2.27 bits per heavy atom. The Morgan fingerprint density at radius 1 is 1.18 bits per heavy atom. The highest BCUT2D eigenvalue weighted by atomic mass is 28.4. The van der Waals surface area contributed by atoms with Crippen LogP contribution in [0.2, 0.25) is 18.1 Å². The van der Waals surface area contributed by atoms with Crippen LogP contribution in [0, 0.1) is 0 Å². The molecule has 0 aromatic heterocycles. The molecule has 0 radical (unpaired) electrons. The summed E-state index contributed by atoms with van der Waals surface area (Å²) in [4.78, 5) is 0. The molecule has 0 unspecified atom stereocenters. The van der Waals surface area contributed by atoms with Crippen molar-refractivity contribution in [1.29, 1.82) is 0 Å².